The van der Waals surface area contributed by atoms with Gasteiger partial charge in [-0.05, 0) is 37.1 Å². The third-order valence-electron chi connectivity index (χ3n) is 4.43. The van der Waals surface area contributed by atoms with Crippen LogP contribution in [0.2, 0.25) is 0 Å². The zero-order valence-electron chi connectivity index (χ0n) is 17.7. The molecular formula is C24H26O6S. The van der Waals surface area contributed by atoms with Crippen molar-refractivity contribution in [2.24, 2.45) is 0 Å². The summed E-state index contributed by atoms with van der Waals surface area (Å²) in [6.45, 7) is 10.2. The van der Waals surface area contributed by atoms with Crippen LogP contribution in [-0.2, 0) is 41.7 Å². The van der Waals surface area contributed by atoms with Crippen LogP contribution in [-0.4, -0.2) is 33.6 Å². The van der Waals surface area contributed by atoms with E-state index < -0.39 is 21.8 Å². The highest BCUT2D eigenvalue weighted by atomic mass is 32.2. The molecular weight excluding hydrogens is 416 g/mol. The maximum atomic E-state index is 13.4. The standard InChI is InChI=1S/C24H26O6S/c1-17(2)23(25)29-15-13-19-9-5-7-11-21(19)31(27,28)22-12-8-6-10-20(22)14-16-30-24(26)18(3)4/h5-12H,1,3,13-16H2,2,4H3. The second kappa shape index (κ2) is 10.7. The molecule has 164 valence electrons. The number of sulfone groups is 1. The lowest BCUT2D eigenvalue weighted by Crippen LogP contribution is -2.13. The Kier molecular flexibility index (Phi) is 8.33. The van der Waals surface area contributed by atoms with Crippen molar-refractivity contribution in [1.82, 2.24) is 0 Å². The second-order valence-corrected chi connectivity index (χ2v) is 8.94. The van der Waals surface area contributed by atoms with Crippen molar-refractivity contribution in [2.45, 2.75) is 36.5 Å². The molecule has 0 unspecified atom stereocenters. The molecule has 0 saturated carbocycles. The van der Waals surface area contributed by atoms with Gasteiger partial charge in [-0.25, -0.2) is 18.0 Å². The first-order valence-electron chi connectivity index (χ1n) is 9.70. The molecule has 0 aliphatic heterocycles. The van der Waals surface area contributed by atoms with Crippen molar-refractivity contribution < 1.29 is 27.5 Å². The fourth-order valence-electron chi connectivity index (χ4n) is 2.82. The minimum atomic E-state index is -3.85. The van der Waals surface area contributed by atoms with Gasteiger partial charge in [0.1, 0.15) is 0 Å². The van der Waals surface area contributed by atoms with Gasteiger partial charge in [-0.3, -0.25) is 0 Å². The van der Waals surface area contributed by atoms with E-state index in [4.69, 9.17) is 9.47 Å². The third-order valence-corrected chi connectivity index (χ3v) is 6.38. The Morgan fingerprint density at radius 1 is 0.742 bits per heavy atom. The number of carbonyl (C=O) groups is 2. The van der Waals surface area contributed by atoms with Crippen LogP contribution in [0.5, 0.6) is 0 Å². The molecule has 7 heteroatoms. The minimum absolute atomic E-state index is 0.0384. The third kappa shape index (κ3) is 6.39. The Labute approximate surface area is 183 Å². The van der Waals surface area contributed by atoms with E-state index in [0.29, 0.717) is 11.1 Å². The van der Waals surface area contributed by atoms with E-state index in [-0.39, 0.29) is 47.0 Å². The average Bonchev–Trinajstić information content (AvgIpc) is 2.74. The molecule has 2 aromatic rings. The van der Waals surface area contributed by atoms with Crippen molar-refractivity contribution >= 4 is 21.8 Å². The van der Waals surface area contributed by atoms with Crippen molar-refractivity contribution in [2.75, 3.05) is 13.2 Å². The van der Waals surface area contributed by atoms with Gasteiger partial charge in [0.2, 0.25) is 9.84 Å². The Bertz CT molecular complexity index is 1020. The van der Waals surface area contributed by atoms with Crippen molar-refractivity contribution in [3.63, 3.8) is 0 Å². The van der Waals surface area contributed by atoms with Crippen LogP contribution in [0.4, 0.5) is 0 Å². The highest BCUT2D eigenvalue weighted by molar-refractivity contribution is 7.91. The van der Waals surface area contributed by atoms with Gasteiger partial charge in [-0.15, -0.1) is 0 Å². The highest BCUT2D eigenvalue weighted by Crippen LogP contribution is 2.27. The normalized spacial score (nSPS) is 10.9. The fourth-order valence-corrected chi connectivity index (χ4v) is 4.60. The Morgan fingerprint density at radius 3 is 1.45 bits per heavy atom. The number of rotatable bonds is 10. The maximum absolute atomic E-state index is 13.4. The van der Waals surface area contributed by atoms with Crippen LogP contribution in [0.15, 0.2) is 82.6 Å². The quantitative estimate of drug-likeness (QED) is 0.410. The lowest BCUT2D eigenvalue weighted by molar-refractivity contribution is -0.139. The molecule has 0 aliphatic rings. The molecule has 0 saturated heterocycles. The summed E-state index contributed by atoms with van der Waals surface area (Å²) in [7, 11) is -3.85. The van der Waals surface area contributed by atoms with Gasteiger partial charge in [-0.1, -0.05) is 49.6 Å². The summed E-state index contributed by atoms with van der Waals surface area (Å²) in [5.41, 5.74) is 1.64. The first-order valence-corrected chi connectivity index (χ1v) is 11.2. The predicted molar refractivity (Wildman–Crippen MR) is 117 cm³/mol. The molecule has 6 nitrogen and oxygen atoms in total. The topological polar surface area (TPSA) is 86.7 Å². The minimum Gasteiger partial charge on any atom is -0.462 e. The summed E-state index contributed by atoms with van der Waals surface area (Å²) in [5, 5.41) is 0. The molecule has 0 radical (unpaired) electrons. The van der Waals surface area contributed by atoms with Crippen LogP contribution in [0.1, 0.15) is 25.0 Å². The van der Waals surface area contributed by atoms with Crippen molar-refractivity contribution in [3.8, 4) is 0 Å². The number of carbonyl (C=O) groups excluding carboxylic acids is 2. The van der Waals surface area contributed by atoms with Gasteiger partial charge in [0.15, 0.2) is 0 Å². The molecule has 31 heavy (non-hydrogen) atoms. The monoisotopic (exact) mass is 442 g/mol. The van der Waals surface area contributed by atoms with Gasteiger partial charge in [0, 0.05) is 24.0 Å². The summed E-state index contributed by atoms with van der Waals surface area (Å²) >= 11 is 0. The second-order valence-electron chi connectivity index (χ2n) is 7.05. The fraction of sp³-hybridized carbons (Fsp3) is 0.250. The summed E-state index contributed by atoms with van der Waals surface area (Å²) < 4.78 is 37.1. The molecule has 0 N–H and O–H groups in total. The molecule has 0 bridgehead atoms. The van der Waals surface area contributed by atoms with Crippen molar-refractivity contribution in [1.29, 1.82) is 0 Å². The lowest BCUT2D eigenvalue weighted by Gasteiger charge is -2.14. The summed E-state index contributed by atoms with van der Waals surface area (Å²) in [6.07, 6.45) is 0.486. The summed E-state index contributed by atoms with van der Waals surface area (Å²) in [5.74, 6) is -1.04. The smallest absolute Gasteiger partial charge is 0.333 e. The van der Waals surface area contributed by atoms with Gasteiger partial charge in [-0.2, -0.15) is 0 Å². The summed E-state index contributed by atoms with van der Waals surface area (Å²) in [6, 6.07) is 13.2. The number of hydrogen-bond acceptors (Lipinski definition) is 6. The maximum Gasteiger partial charge on any atom is 0.333 e. The highest BCUT2D eigenvalue weighted by Gasteiger charge is 2.24. The van der Waals surface area contributed by atoms with Gasteiger partial charge in [0.05, 0.1) is 23.0 Å². The lowest BCUT2D eigenvalue weighted by atomic mass is 10.1. The molecule has 0 fully saturated rings. The molecule has 2 aromatic carbocycles. The van der Waals surface area contributed by atoms with E-state index in [9.17, 15) is 18.0 Å². The molecule has 0 atom stereocenters. The number of ether oxygens (including phenoxy) is 2. The molecule has 0 aromatic heterocycles. The van der Waals surface area contributed by atoms with Gasteiger partial charge in [0.25, 0.3) is 0 Å². The Balaban J connectivity index is 2.26. The van der Waals surface area contributed by atoms with Crippen LogP contribution < -0.4 is 0 Å². The van der Waals surface area contributed by atoms with E-state index in [1.165, 1.54) is 12.1 Å². The predicted octanol–water partition coefficient (Wildman–Crippen LogP) is 3.84. The first kappa shape index (κ1) is 24.1. The Morgan fingerprint density at radius 2 is 1.10 bits per heavy atom. The van der Waals surface area contributed by atoms with Crippen LogP contribution in [0.25, 0.3) is 0 Å². The van der Waals surface area contributed by atoms with E-state index >= 15 is 0 Å². The van der Waals surface area contributed by atoms with Crippen LogP contribution >= 0.6 is 0 Å². The number of hydrogen-bond donors (Lipinski definition) is 0. The van der Waals surface area contributed by atoms with Crippen LogP contribution in [0.3, 0.4) is 0 Å². The molecule has 0 amide bonds. The average molecular weight is 443 g/mol. The number of esters is 2. The van der Waals surface area contributed by atoms with Crippen LogP contribution in [0, 0.1) is 0 Å². The van der Waals surface area contributed by atoms with E-state index in [2.05, 4.69) is 13.2 Å². The molecule has 2 rings (SSSR count). The van der Waals surface area contributed by atoms with Crippen molar-refractivity contribution in [3.05, 3.63) is 84.0 Å². The SMILES string of the molecule is C=C(C)C(=O)OCCc1ccccc1S(=O)(=O)c1ccccc1CCOC(=O)C(=C)C. The van der Waals surface area contributed by atoms with E-state index in [1.54, 1.807) is 50.2 Å². The van der Waals surface area contributed by atoms with E-state index in [0.717, 1.165) is 0 Å². The zero-order chi connectivity index (χ0) is 23.0. The van der Waals surface area contributed by atoms with Gasteiger partial charge < -0.3 is 9.47 Å². The first-order chi connectivity index (χ1) is 14.6. The molecule has 0 spiro atoms. The molecule has 0 aliphatic carbocycles. The van der Waals surface area contributed by atoms with E-state index in [1.807, 2.05) is 0 Å². The largest absolute Gasteiger partial charge is 0.462 e. The van der Waals surface area contributed by atoms with Gasteiger partial charge >= 0.3 is 11.9 Å². The zero-order valence-corrected chi connectivity index (χ0v) is 18.5. The molecule has 0 heterocycles. The summed E-state index contributed by atoms with van der Waals surface area (Å²) in [4.78, 5) is 23.5. The number of benzene rings is 2. The Hall–Kier alpha value is -3.19.